The second-order valence-electron chi connectivity index (χ2n) is 4.84. The molecule has 0 bridgehead atoms. The predicted octanol–water partition coefficient (Wildman–Crippen LogP) is 1.50. The summed E-state index contributed by atoms with van der Waals surface area (Å²) in [6, 6.07) is 6.75. The largest absolute Gasteiger partial charge is 0.507 e. The second-order valence-corrected chi connectivity index (χ2v) is 5.24. The summed E-state index contributed by atoms with van der Waals surface area (Å²) in [5, 5.41) is 18.2. The van der Waals surface area contributed by atoms with Crippen molar-refractivity contribution in [2.24, 2.45) is 0 Å². The number of carbonyl (C=O) groups excluding carboxylic acids is 1. The van der Waals surface area contributed by atoms with Gasteiger partial charge in [-0.2, -0.15) is 0 Å². The van der Waals surface area contributed by atoms with Crippen molar-refractivity contribution >= 4 is 29.3 Å². The number of piperidine rings is 1. The third-order valence-corrected chi connectivity index (χ3v) is 3.37. The van der Waals surface area contributed by atoms with E-state index in [-0.39, 0.29) is 16.8 Å². The van der Waals surface area contributed by atoms with Crippen LogP contribution in [0.5, 0.6) is 5.75 Å². The summed E-state index contributed by atoms with van der Waals surface area (Å²) in [5.74, 6) is -0.166. The number of hydrogen-bond acceptors (Lipinski definition) is 4. The van der Waals surface area contributed by atoms with Gasteiger partial charge in [0.25, 0.3) is 5.91 Å². The SMILES string of the molecule is C1CCNCC1.O=C1NC(=S)N/C1=C/c1ccccc1O. The summed E-state index contributed by atoms with van der Waals surface area (Å²) in [6.07, 6.45) is 5.76. The van der Waals surface area contributed by atoms with Gasteiger partial charge in [0.05, 0.1) is 0 Å². The average molecular weight is 305 g/mol. The molecule has 6 heteroatoms. The molecule has 5 nitrogen and oxygen atoms in total. The van der Waals surface area contributed by atoms with Crippen LogP contribution < -0.4 is 16.0 Å². The molecule has 0 radical (unpaired) electrons. The van der Waals surface area contributed by atoms with Crippen molar-refractivity contribution in [3.8, 4) is 5.75 Å². The molecule has 0 saturated carbocycles. The molecular formula is C15H19N3O2S. The zero-order chi connectivity index (χ0) is 15.1. The van der Waals surface area contributed by atoms with Gasteiger partial charge in [-0.25, -0.2) is 0 Å². The molecule has 2 aliphatic rings. The Balaban J connectivity index is 0.000000225. The fraction of sp³-hybridized carbons (Fsp3) is 0.333. The Morgan fingerprint density at radius 3 is 2.29 bits per heavy atom. The van der Waals surface area contributed by atoms with E-state index in [2.05, 4.69) is 16.0 Å². The van der Waals surface area contributed by atoms with Gasteiger partial charge in [0, 0.05) is 5.56 Å². The first-order valence-electron chi connectivity index (χ1n) is 6.99. The van der Waals surface area contributed by atoms with Crippen LogP contribution in [0.2, 0.25) is 0 Å². The van der Waals surface area contributed by atoms with E-state index in [9.17, 15) is 9.90 Å². The maximum absolute atomic E-state index is 11.3. The van der Waals surface area contributed by atoms with Crippen molar-refractivity contribution in [1.82, 2.24) is 16.0 Å². The molecule has 2 fully saturated rings. The molecule has 2 aliphatic heterocycles. The van der Waals surface area contributed by atoms with Crippen LogP contribution >= 0.6 is 12.2 Å². The number of rotatable bonds is 1. The van der Waals surface area contributed by atoms with E-state index in [0.29, 0.717) is 11.3 Å². The van der Waals surface area contributed by atoms with Crippen LogP contribution in [-0.4, -0.2) is 29.2 Å². The number of carbonyl (C=O) groups is 1. The third kappa shape index (κ3) is 4.84. The highest BCUT2D eigenvalue weighted by Crippen LogP contribution is 2.18. The van der Waals surface area contributed by atoms with Gasteiger partial charge in [0.15, 0.2) is 5.11 Å². The van der Waals surface area contributed by atoms with E-state index in [1.54, 1.807) is 30.3 Å². The molecule has 0 aromatic heterocycles. The fourth-order valence-electron chi connectivity index (χ4n) is 2.05. The lowest BCUT2D eigenvalue weighted by atomic mass is 10.1. The molecule has 1 aromatic carbocycles. The Kier molecular flexibility index (Phi) is 5.71. The Labute approximate surface area is 129 Å². The van der Waals surface area contributed by atoms with Crippen molar-refractivity contribution in [3.05, 3.63) is 35.5 Å². The van der Waals surface area contributed by atoms with Crippen LogP contribution in [0.15, 0.2) is 30.0 Å². The number of thiocarbonyl (C=S) groups is 1. The van der Waals surface area contributed by atoms with Crippen molar-refractivity contribution < 1.29 is 9.90 Å². The number of nitrogens with one attached hydrogen (secondary N) is 3. The summed E-state index contributed by atoms with van der Waals surface area (Å²) in [6.45, 7) is 2.50. The Morgan fingerprint density at radius 2 is 1.81 bits per heavy atom. The number of aromatic hydroxyl groups is 1. The van der Waals surface area contributed by atoms with Crippen LogP contribution in [0.3, 0.4) is 0 Å². The Morgan fingerprint density at radius 1 is 1.10 bits per heavy atom. The van der Waals surface area contributed by atoms with Gasteiger partial charge in [0.1, 0.15) is 11.4 Å². The quantitative estimate of drug-likeness (QED) is 0.467. The molecule has 3 rings (SSSR count). The molecule has 2 heterocycles. The number of hydrogen-bond donors (Lipinski definition) is 4. The van der Waals surface area contributed by atoms with E-state index in [0.717, 1.165) is 0 Å². The number of phenolic OH excluding ortho intramolecular Hbond substituents is 1. The lowest BCUT2D eigenvalue weighted by molar-refractivity contribution is -0.115. The summed E-state index contributed by atoms with van der Waals surface area (Å²) in [7, 11) is 0. The minimum absolute atomic E-state index is 0.123. The first-order chi connectivity index (χ1) is 10.2. The maximum atomic E-state index is 11.3. The minimum atomic E-state index is -0.289. The first kappa shape index (κ1) is 15.5. The van der Waals surface area contributed by atoms with E-state index < -0.39 is 0 Å². The van der Waals surface area contributed by atoms with Crippen LogP contribution in [0.4, 0.5) is 0 Å². The minimum Gasteiger partial charge on any atom is -0.507 e. The molecule has 2 saturated heterocycles. The van der Waals surface area contributed by atoms with E-state index in [4.69, 9.17) is 12.2 Å². The van der Waals surface area contributed by atoms with Gasteiger partial charge in [-0.1, -0.05) is 24.6 Å². The van der Waals surface area contributed by atoms with E-state index in [1.807, 2.05) is 0 Å². The number of benzene rings is 1. The molecule has 0 aliphatic carbocycles. The molecule has 0 spiro atoms. The van der Waals surface area contributed by atoms with Gasteiger partial charge in [-0.3, -0.25) is 10.1 Å². The van der Waals surface area contributed by atoms with E-state index in [1.165, 1.54) is 32.4 Å². The second kappa shape index (κ2) is 7.75. The predicted molar refractivity (Wildman–Crippen MR) is 86.7 cm³/mol. The molecule has 1 amide bonds. The van der Waals surface area contributed by atoms with Gasteiger partial charge in [-0.15, -0.1) is 0 Å². The molecule has 0 unspecified atom stereocenters. The molecule has 21 heavy (non-hydrogen) atoms. The summed E-state index contributed by atoms with van der Waals surface area (Å²) in [5.41, 5.74) is 0.904. The fourth-order valence-corrected chi connectivity index (χ4v) is 2.25. The average Bonchev–Trinajstić information content (AvgIpc) is 2.82. The third-order valence-electron chi connectivity index (χ3n) is 3.16. The summed E-state index contributed by atoms with van der Waals surface area (Å²) >= 11 is 4.78. The van der Waals surface area contributed by atoms with Crippen LogP contribution in [0.1, 0.15) is 24.8 Å². The Hall–Kier alpha value is -1.92. The monoisotopic (exact) mass is 305 g/mol. The van der Waals surface area contributed by atoms with Gasteiger partial charge in [-0.05, 0) is 50.3 Å². The highest BCUT2D eigenvalue weighted by Gasteiger charge is 2.20. The van der Waals surface area contributed by atoms with Crippen molar-refractivity contribution in [3.63, 3.8) is 0 Å². The summed E-state index contributed by atoms with van der Waals surface area (Å²) < 4.78 is 0. The molecule has 4 N–H and O–H groups in total. The van der Waals surface area contributed by atoms with Crippen LogP contribution in [0.25, 0.3) is 6.08 Å². The number of amides is 1. The normalized spacial score (nSPS) is 19.5. The lowest BCUT2D eigenvalue weighted by Gasteiger charge is -2.08. The van der Waals surface area contributed by atoms with Gasteiger partial charge in [0.2, 0.25) is 0 Å². The highest BCUT2D eigenvalue weighted by atomic mass is 32.1. The molecule has 1 aromatic rings. The van der Waals surface area contributed by atoms with Crippen molar-refractivity contribution in [2.45, 2.75) is 19.3 Å². The van der Waals surface area contributed by atoms with Gasteiger partial charge < -0.3 is 15.7 Å². The molecule has 112 valence electrons. The zero-order valence-corrected chi connectivity index (χ0v) is 12.5. The topological polar surface area (TPSA) is 73.4 Å². The van der Waals surface area contributed by atoms with Crippen LogP contribution in [-0.2, 0) is 4.79 Å². The smallest absolute Gasteiger partial charge is 0.273 e. The first-order valence-corrected chi connectivity index (χ1v) is 7.40. The van der Waals surface area contributed by atoms with Crippen LogP contribution in [0, 0.1) is 0 Å². The molecular weight excluding hydrogens is 286 g/mol. The maximum Gasteiger partial charge on any atom is 0.273 e. The van der Waals surface area contributed by atoms with Crippen molar-refractivity contribution in [1.29, 1.82) is 0 Å². The van der Waals surface area contributed by atoms with Gasteiger partial charge >= 0.3 is 0 Å². The standard InChI is InChI=1S/C10H8N2O2S.C5H11N/c13-8-4-2-1-3-6(8)5-7-9(14)12-10(15)11-7;1-2-4-6-5-3-1/h1-5,13H,(H2,11,12,14,15);6H,1-5H2/b7-5+;. The summed E-state index contributed by atoms with van der Waals surface area (Å²) in [4.78, 5) is 11.3. The Bertz CT molecular complexity index is 542. The number of para-hydroxylation sites is 1. The van der Waals surface area contributed by atoms with Crippen molar-refractivity contribution in [2.75, 3.05) is 13.1 Å². The molecule has 0 atom stereocenters. The highest BCUT2D eigenvalue weighted by molar-refractivity contribution is 7.80. The lowest BCUT2D eigenvalue weighted by Crippen LogP contribution is -2.21. The van der Waals surface area contributed by atoms with E-state index >= 15 is 0 Å². The number of phenols is 1. The zero-order valence-electron chi connectivity index (χ0n) is 11.7.